The molecule has 0 atom stereocenters. The van der Waals surface area contributed by atoms with Crippen molar-refractivity contribution >= 4 is 11.4 Å². The van der Waals surface area contributed by atoms with Crippen molar-refractivity contribution in [2.24, 2.45) is 9.98 Å². The molecule has 0 aliphatic heterocycles. The molecule has 0 fully saturated rings. The van der Waals surface area contributed by atoms with E-state index < -0.39 is 0 Å². The summed E-state index contributed by atoms with van der Waals surface area (Å²) in [5, 5.41) is 20.0. The van der Waals surface area contributed by atoms with Gasteiger partial charge in [0.05, 0.1) is 0 Å². The standard InChI is InChI=1S/C28H40N2O2/c1-21-13-15-27(31)25(19-21)23(3)29-17-11-9-7-5-6-8-10-12-18-30-24(4)26-20-22(2)14-16-28(26)32/h13-16,19-20,31-32H,5-12,17-18H2,1-4H3. The second-order valence-electron chi connectivity index (χ2n) is 8.80. The first-order valence-corrected chi connectivity index (χ1v) is 12.0. The molecule has 2 aromatic carbocycles. The molecular formula is C28H40N2O2. The molecule has 4 heteroatoms. The zero-order chi connectivity index (χ0) is 23.3. The first-order valence-electron chi connectivity index (χ1n) is 12.0. The first kappa shape index (κ1) is 25.6. The van der Waals surface area contributed by atoms with Crippen LogP contribution in [0.15, 0.2) is 46.4 Å². The van der Waals surface area contributed by atoms with E-state index in [0.717, 1.165) is 59.6 Å². The van der Waals surface area contributed by atoms with E-state index in [4.69, 9.17) is 0 Å². The Labute approximate surface area is 194 Å². The Bertz CT molecular complexity index is 840. The highest BCUT2D eigenvalue weighted by atomic mass is 16.3. The predicted molar refractivity (Wildman–Crippen MR) is 137 cm³/mol. The number of phenols is 2. The molecule has 2 N–H and O–H groups in total. The average molecular weight is 437 g/mol. The van der Waals surface area contributed by atoms with Gasteiger partial charge in [-0.05, 0) is 64.8 Å². The van der Waals surface area contributed by atoms with Crippen molar-refractivity contribution in [1.82, 2.24) is 0 Å². The topological polar surface area (TPSA) is 65.2 Å². The maximum atomic E-state index is 9.98. The SMILES string of the molecule is CC(=NCCCCCCCCCCN=C(C)c1cc(C)ccc1O)c1cc(C)ccc1O. The van der Waals surface area contributed by atoms with Gasteiger partial charge in [-0.1, -0.05) is 61.8 Å². The molecule has 0 radical (unpaired) electrons. The molecule has 174 valence electrons. The Hall–Kier alpha value is -2.62. The number of benzene rings is 2. The average Bonchev–Trinajstić information content (AvgIpc) is 2.77. The van der Waals surface area contributed by atoms with Crippen molar-refractivity contribution in [3.8, 4) is 11.5 Å². The lowest BCUT2D eigenvalue weighted by molar-refractivity contribution is 0.473. The lowest BCUT2D eigenvalue weighted by atomic mass is 10.1. The molecule has 0 spiro atoms. The predicted octanol–water partition coefficient (Wildman–Crippen LogP) is 7.15. The molecule has 0 heterocycles. The largest absolute Gasteiger partial charge is 0.507 e. The minimum Gasteiger partial charge on any atom is -0.507 e. The highest BCUT2D eigenvalue weighted by molar-refractivity contribution is 6.01. The molecule has 2 aromatic rings. The van der Waals surface area contributed by atoms with Crippen LogP contribution in [0.3, 0.4) is 0 Å². The van der Waals surface area contributed by atoms with Gasteiger partial charge in [0.25, 0.3) is 0 Å². The van der Waals surface area contributed by atoms with Crippen molar-refractivity contribution in [2.75, 3.05) is 13.1 Å². The van der Waals surface area contributed by atoms with Gasteiger partial charge in [-0.2, -0.15) is 0 Å². The highest BCUT2D eigenvalue weighted by Crippen LogP contribution is 2.20. The summed E-state index contributed by atoms with van der Waals surface area (Å²) < 4.78 is 0. The fraction of sp³-hybridized carbons (Fsp3) is 0.500. The van der Waals surface area contributed by atoms with Crippen LogP contribution in [0.1, 0.15) is 87.5 Å². The van der Waals surface area contributed by atoms with E-state index in [9.17, 15) is 10.2 Å². The Morgan fingerprint density at radius 1 is 0.594 bits per heavy atom. The summed E-state index contributed by atoms with van der Waals surface area (Å²) in [6.07, 6.45) is 9.69. The fourth-order valence-electron chi connectivity index (χ4n) is 3.83. The van der Waals surface area contributed by atoms with E-state index in [2.05, 4.69) is 9.98 Å². The molecule has 0 aliphatic rings. The van der Waals surface area contributed by atoms with Gasteiger partial charge in [-0.15, -0.1) is 0 Å². The fourth-order valence-corrected chi connectivity index (χ4v) is 3.83. The lowest BCUT2D eigenvalue weighted by Crippen LogP contribution is -1.98. The Balaban J connectivity index is 1.52. The van der Waals surface area contributed by atoms with Crippen LogP contribution in [0.5, 0.6) is 11.5 Å². The molecule has 0 aromatic heterocycles. The summed E-state index contributed by atoms with van der Waals surface area (Å²) in [5.41, 5.74) is 5.81. The Morgan fingerprint density at radius 3 is 1.31 bits per heavy atom. The number of unbranched alkanes of at least 4 members (excludes halogenated alkanes) is 7. The zero-order valence-corrected chi connectivity index (χ0v) is 20.3. The molecule has 0 aliphatic carbocycles. The van der Waals surface area contributed by atoms with Crippen molar-refractivity contribution in [3.63, 3.8) is 0 Å². The van der Waals surface area contributed by atoms with Gasteiger partial charge in [0.15, 0.2) is 0 Å². The first-order chi connectivity index (χ1) is 15.4. The minimum absolute atomic E-state index is 0.311. The van der Waals surface area contributed by atoms with Crippen LogP contribution < -0.4 is 0 Å². The summed E-state index contributed by atoms with van der Waals surface area (Å²) in [7, 11) is 0. The third-order valence-electron chi connectivity index (χ3n) is 5.85. The van der Waals surface area contributed by atoms with Crippen LogP contribution in [0.2, 0.25) is 0 Å². The summed E-state index contributed by atoms with van der Waals surface area (Å²) in [5.74, 6) is 0.622. The van der Waals surface area contributed by atoms with Crippen molar-refractivity contribution in [2.45, 2.75) is 79.1 Å². The summed E-state index contributed by atoms with van der Waals surface area (Å²) in [4.78, 5) is 9.28. The minimum atomic E-state index is 0.311. The number of aliphatic imine (C=N–C) groups is 2. The molecule has 0 bridgehead atoms. The normalized spacial score (nSPS) is 12.4. The molecule has 0 unspecified atom stereocenters. The van der Waals surface area contributed by atoms with Gasteiger partial charge in [-0.25, -0.2) is 0 Å². The highest BCUT2D eigenvalue weighted by Gasteiger charge is 2.05. The van der Waals surface area contributed by atoms with Crippen molar-refractivity contribution < 1.29 is 10.2 Å². The van der Waals surface area contributed by atoms with Gasteiger partial charge in [-0.3, -0.25) is 9.98 Å². The molecule has 0 amide bonds. The van der Waals surface area contributed by atoms with Crippen molar-refractivity contribution in [3.05, 3.63) is 58.7 Å². The monoisotopic (exact) mass is 436 g/mol. The van der Waals surface area contributed by atoms with E-state index in [1.54, 1.807) is 12.1 Å². The van der Waals surface area contributed by atoms with Crippen LogP contribution in [0.25, 0.3) is 0 Å². The second kappa shape index (κ2) is 13.7. The summed E-state index contributed by atoms with van der Waals surface area (Å²) in [6, 6.07) is 11.3. The third-order valence-corrected chi connectivity index (χ3v) is 5.85. The van der Waals surface area contributed by atoms with Gasteiger partial charge in [0.1, 0.15) is 11.5 Å². The maximum absolute atomic E-state index is 9.98. The van der Waals surface area contributed by atoms with Gasteiger partial charge in [0, 0.05) is 35.6 Å². The maximum Gasteiger partial charge on any atom is 0.124 e. The van der Waals surface area contributed by atoms with Crippen LogP contribution in [-0.2, 0) is 0 Å². The van der Waals surface area contributed by atoms with Crippen LogP contribution in [0.4, 0.5) is 0 Å². The number of nitrogens with zero attached hydrogens (tertiary/aromatic N) is 2. The molecule has 0 saturated heterocycles. The molecular weight excluding hydrogens is 396 g/mol. The van der Waals surface area contributed by atoms with Gasteiger partial charge >= 0.3 is 0 Å². The number of rotatable bonds is 13. The number of aryl methyl sites for hydroxylation is 2. The number of hydrogen-bond donors (Lipinski definition) is 2. The summed E-state index contributed by atoms with van der Waals surface area (Å²) in [6.45, 7) is 9.66. The molecule has 32 heavy (non-hydrogen) atoms. The molecule has 4 nitrogen and oxygen atoms in total. The quantitative estimate of drug-likeness (QED) is 0.258. The number of hydrogen-bond acceptors (Lipinski definition) is 4. The molecule has 2 rings (SSSR count). The zero-order valence-electron chi connectivity index (χ0n) is 20.3. The Kier molecular flexibility index (Phi) is 11.0. The van der Waals surface area contributed by atoms with E-state index >= 15 is 0 Å². The van der Waals surface area contributed by atoms with Crippen LogP contribution in [0, 0.1) is 13.8 Å². The lowest BCUT2D eigenvalue weighted by Gasteiger charge is -2.06. The Morgan fingerprint density at radius 2 is 0.938 bits per heavy atom. The van der Waals surface area contributed by atoms with Crippen LogP contribution in [-0.4, -0.2) is 34.7 Å². The smallest absolute Gasteiger partial charge is 0.124 e. The van der Waals surface area contributed by atoms with Crippen LogP contribution >= 0.6 is 0 Å². The van der Waals surface area contributed by atoms with Crippen molar-refractivity contribution in [1.29, 1.82) is 0 Å². The van der Waals surface area contributed by atoms with E-state index in [1.165, 1.54) is 38.5 Å². The third kappa shape index (κ3) is 8.86. The van der Waals surface area contributed by atoms with E-state index in [-0.39, 0.29) is 0 Å². The second-order valence-corrected chi connectivity index (χ2v) is 8.80. The van der Waals surface area contributed by atoms with E-state index in [1.807, 2.05) is 52.0 Å². The van der Waals surface area contributed by atoms with E-state index in [0.29, 0.717) is 11.5 Å². The number of phenolic OH excluding ortho intramolecular Hbond substituents is 2. The number of aromatic hydroxyl groups is 2. The molecule has 0 saturated carbocycles. The van der Waals surface area contributed by atoms with Gasteiger partial charge in [0.2, 0.25) is 0 Å². The van der Waals surface area contributed by atoms with Gasteiger partial charge < -0.3 is 10.2 Å². The summed E-state index contributed by atoms with van der Waals surface area (Å²) >= 11 is 0.